The predicted molar refractivity (Wildman–Crippen MR) is 151 cm³/mol. The van der Waals surface area contributed by atoms with Crippen LogP contribution in [0.2, 0.25) is 0 Å². The molecule has 10 nitrogen and oxygen atoms in total. The molecule has 0 unspecified atom stereocenters. The van der Waals surface area contributed by atoms with Crippen LogP contribution in [0.25, 0.3) is 0 Å². The fourth-order valence-electron chi connectivity index (χ4n) is 3.43. The Kier molecular flexibility index (Phi) is 11.1. The van der Waals surface area contributed by atoms with Crippen molar-refractivity contribution in [3.05, 3.63) is 49.5 Å². The van der Waals surface area contributed by atoms with Gasteiger partial charge in [-0.2, -0.15) is 5.10 Å². The molecule has 37 heavy (non-hydrogen) atoms. The van der Waals surface area contributed by atoms with Crippen molar-refractivity contribution in [3.8, 4) is 11.5 Å². The Labute approximate surface area is 237 Å². The molecule has 3 rings (SSSR count). The minimum Gasteiger partial charge on any atom is -0.490 e. The van der Waals surface area contributed by atoms with Gasteiger partial charge in [-0.15, -0.1) is 0 Å². The molecule has 1 heterocycles. The Hall–Kier alpha value is -2.71. The third-order valence-corrected chi connectivity index (χ3v) is 6.91. The van der Waals surface area contributed by atoms with Crippen molar-refractivity contribution in [2.75, 3.05) is 31.7 Å². The molecule has 1 aliphatic heterocycles. The third kappa shape index (κ3) is 8.97. The van der Waals surface area contributed by atoms with Gasteiger partial charge in [-0.3, -0.25) is 14.4 Å². The number of hydrogen-bond donors (Lipinski definition) is 3. The molecule has 12 heteroatoms. The second-order valence-electron chi connectivity index (χ2n) is 8.11. The zero-order valence-electron chi connectivity index (χ0n) is 20.4. The summed E-state index contributed by atoms with van der Waals surface area (Å²) in [6.45, 7) is 4.88. The predicted octanol–water partition coefficient (Wildman–Crippen LogP) is 3.52. The highest BCUT2D eigenvalue weighted by atomic mass is 127. The summed E-state index contributed by atoms with van der Waals surface area (Å²) in [5.41, 5.74) is 4.49. The number of benzene rings is 2. The fourth-order valence-corrected chi connectivity index (χ4v) is 4.46. The summed E-state index contributed by atoms with van der Waals surface area (Å²) >= 11 is 5.50. The van der Waals surface area contributed by atoms with Crippen molar-refractivity contribution < 1.29 is 28.6 Å². The number of hydrogen-bond acceptors (Lipinski definition) is 7. The molecule has 0 spiro atoms. The lowest BCUT2D eigenvalue weighted by Gasteiger charge is -2.15. The van der Waals surface area contributed by atoms with Crippen molar-refractivity contribution in [1.29, 1.82) is 0 Å². The first-order valence-corrected chi connectivity index (χ1v) is 13.5. The van der Waals surface area contributed by atoms with Crippen LogP contribution in [-0.4, -0.2) is 56.4 Å². The number of anilines is 1. The maximum absolute atomic E-state index is 12.4. The SMILES string of the molecule is CCOc1cc(/C=N\NC(=O)C(=O)NC[C@H]2CCCO2)cc(I)c1OCC(=O)Nc1ccc(Br)c(C)c1. The smallest absolute Gasteiger partial charge is 0.329 e. The first-order chi connectivity index (χ1) is 17.8. The minimum absolute atomic E-state index is 0.0592. The van der Waals surface area contributed by atoms with E-state index in [0.717, 1.165) is 22.9 Å². The van der Waals surface area contributed by atoms with Crippen LogP contribution in [0.15, 0.2) is 39.9 Å². The van der Waals surface area contributed by atoms with Crippen molar-refractivity contribution in [1.82, 2.24) is 10.7 Å². The number of ether oxygens (including phenoxy) is 3. The normalized spacial score (nSPS) is 14.9. The number of carbonyl (C=O) groups is 3. The van der Waals surface area contributed by atoms with Crippen LogP contribution in [0.4, 0.5) is 5.69 Å². The van der Waals surface area contributed by atoms with Crippen LogP contribution < -0.4 is 25.5 Å². The summed E-state index contributed by atoms with van der Waals surface area (Å²) in [5.74, 6) is -1.13. The molecule has 0 bridgehead atoms. The highest BCUT2D eigenvalue weighted by Crippen LogP contribution is 2.34. The Balaban J connectivity index is 1.57. The number of amides is 3. The second-order valence-corrected chi connectivity index (χ2v) is 10.1. The number of aryl methyl sites for hydroxylation is 1. The Bertz CT molecular complexity index is 1170. The van der Waals surface area contributed by atoms with Gasteiger partial charge in [0.05, 0.1) is 22.5 Å². The van der Waals surface area contributed by atoms with E-state index in [0.29, 0.717) is 39.5 Å². The number of nitrogens with one attached hydrogen (secondary N) is 3. The average molecular weight is 687 g/mol. The summed E-state index contributed by atoms with van der Waals surface area (Å²) in [7, 11) is 0. The van der Waals surface area contributed by atoms with E-state index in [9.17, 15) is 14.4 Å². The first-order valence-electron chi connectivity index (χ1n) is 11.6. The molecule has 1 fully saturated rings. The highest BCUT2D eigenvalue weighted by Gasteiger charge is 2.19. The standard InChI is InChI=1S/C25H28BrIN4O6/c1-3-35-21-11-16(12-29-31-25(34)24(33)28-13-18-5-4-8-36-18)10-20(27)23(21)37-14-22(32)30-17-6-7-19(26)15(2)9-17/h6-7,9-12,18H,3-5,8,13-14H2,1-2H3,(H,28,33)(H,30,32)(H,31,34)/b29-12-/t18-/m1/s1. The monoisotopic (exact) mass is 686 g/mol. The molecule has 1 saturated heterocycles. The fraction of sp³-hybridized carbons (Fsp3) is 0.360. The van der Waals surface area contributed by atoms with Gasteiger partial charge in [0.25, 0.3) is 5.91 Å². The van der Waals surface area contributed by atoms with E-state index in [4.69, 9.17) is 14.2 Å². The third-order valence-electron chi connectivity index (χ3n) is 5.22. The number of hydrazone groups is 1. The first kappa shape index (κ1) is 28.9. The zero-order valence-corrected chi connectivity index (χ0v) is 24.2. The lowest BCUT2D eigenvalue weighted by Crippen LogP contribution is -2.41. The molecule has 2 aromatic rings. The van der Waals surface area contributed by atoms with Crippen LogP contribution in [0.3, 0.4) is 0 Å². The summed E-state index contributed by atoms with van der Waals surface area (Å²) in [6, 6.07) is 8.94. The molecule has 3 amide bonds. The molecule has 0 aromatic heterocycles. The molecule has 0 saturated carbocycles. The van der Waals surface area contributed by atoms with E-state index in [1.165, 1.54) is 6.21 Å². The van der Waals surface area contributed by atoms with Crippen molar-refractivity contribution in [2.45, 2.75) is 32.8 Å². The lowest BCUT2D eigenvalue weighted by molar-refractivity contribution is -0.139. The molecule has 198 valence electrons. The quantitative estimate of drug-likeness (QED) is 0.152. The van der Waals surface area contributed by atoms with Gasteiger partial charge in [0, 0.05) is 23.3 Å². The average Bonchev–Trinajstić information content (AvgIpc) is 3.38. The Morgan fingerprint density at radius 3 is 2.73 bits per heavy atom. The van der Waals surface area contributed by atoms with Gasteiger partial charge in [0.1, 0.15) is 0 Å². The molecular weight excluding hydrogens is 659 g/mol. The molecule has 1 atom stereocenters. The Morgan fingerprint density at radius 2 is 2.03 bits per heavy atom. The topological polar surface area (TPSA) is 127 Å². The molecule has 1 aliphatic rings. The van der Waals surface area contributed by atoms with Gasteiger partial charge in [0.15, 0.2) is 18.1 Å². The van der Waals surface area contributed by atoms with E-state index in [2.05, 4.69) is 59.7 Å². The molecule has 3 N–H and O–H groups in total. The molecule has 0 aliphatic carbocycles. The highest BCUT2D eigenvalue weighted by molar-refractivity contribution is 14.1. The van der Waals surface area contributed by atoms with Gasteiger partial charge in [-0.1, -0.05) is 15.9 Å². The van der Waals surface area contributed by atoms with Gasteiger partial charge < -0.3 is 24.8 Å². The van der Waals surface area contributed by atoms with Crippen molar-refractivity contribution in [3.63, 3.8) is 0 Å². The number of halogens is 2. The van der Waals surface area contributed by atoms with Crippen LogP contribution in [0.1, 0.15) is 30.9 Å². The summed E-state index contributed by atoms with van der Waals surface area (Å²) in [4.78, 5) is 36.3. The maximum Gasteiger partial charge on any atom is 0.329 e. The number of carbonyl (C=O) groups excluding carboxylic acids is 3. The summed E-state index contributed by atoms with van der Waals surface area (Å²) < 4.78 is 18.5. The minimum atomic E-state index is -0.874. The Morgan fingerprint density at radius 1 is 1.22 bits per heavy atom. The van der Waals surface area contributed by atoms with Crippen LogP contribution in [0, 0.1) is 10.5 Å². The summed E-state index contributed by atoms with van der Waals surface area (Å²) in [5, 5.41) is 9.21. The van der Waals surface area contributed by atoms with E-state index in [-0.39, 0.29) is 25.2 Å². The van der Waals surface area contributed by atoms with Crippen molar-refractivity contribution >= 4 is 68.1 Å². The molecule has 2 aromatic carbocycles. The van der Waals surface area contributed by atoms with Crippen LogP contribution in [0.5, 0.6) is 11.5 Å². The van der Waals surface area contributed by atoms with Gasteiger partial charge in [-0.05, 0) is 90.7 Å². The largest absolute Gasteiger partial charge is 0.490 e. The van der Waals surface area contributed by atoms with Gasteiger partial charge >= 0.3 is 11.8 Å². The van der Waals surface area contributed by atoms with E-state index in [1.807, 2.05) is 26.0 Å². The molecular formula is C25H28BrIN4O6. The van der Waals surface area contributed by atoms with Gasteiger partial charge in [-0.25, -0.2) is 5.43 Å². The van der Waals surface area contributed by atoms with Gasteiger partial charge in [0.2, 0.25) is 0 Å². The van der Waals surface area contributed by atoms with Crippen LogP contribution >= 0.6 is 38.5 Å². The second kappa shape index (κ2) is 14.3. The molecule has 0 radical (unpaired) electrons. The maximum atomic E-state index is 12.4. The van der Waals surface area contributed by atoms with Crippen LogP contribution in [-0.2, 0) is 19.1 Å². The number of nitrogens with zero attached hydrogens (tertiary/aromatic N) is 1. The lowest BCUT2D eigenvalue weighted by atomic mass is 10.2. The summed E-state index contributed by atoms with van der Waals surface area (Å²) in [6.07, 6.45) is 3.14. The van der Waals surface area contributed by atoms with Crippen molar-refractivity contribution in [2.24, 2.45) is 5.10 Å². The van der Waals surface area contributed by atoms with E-state index < -0.39 is 11.8 Å². The number of rotatable bonds is 10. The van der Waals surface area contributed by atoms with E-state index in [1.54, 1.807) is 18.2 Å². The van der Waals surface area contributed by atoms with E-state index >= 15 is 0 Å². The zero-order chi connectivity index (χ0) is 26.8.